The van der Waals surface area contributed by atoms with Crippen LogP contribution in [-0.4, -0.2) is 23.9 Å². The molecule has 1 heterocycles. The van der Waals surface area contributed by atoms with Gasteiger partial charge in [-0.1, -0.05) is 23.7 Å². The van der Waals surface area contributed by atoms with Gasteiger partial charge < -0.3 is 15.2 Å². The number of aliphatic hydroxyl groups excluding tert-OH is 1. The van der Waals surface area contributed by atoms with E-state index in [-0.39, 0.29) is 11.3 Å². The van der Waals surface area contributed by atoms with Gasteiger partial charge in [0.25, 0.3) is 11.7 Å². The second kappa shape index (κ2) is 6.37. The van der Waals surface area contributed by atoms with Crippen LogP contribution in [0.1, 0.15) is 17.2 Å². The normalized spacial score (nSPS) is 19.2. The third-order valence-electron chi connectivity index (χ3n) is 3.84. The van der Waals surface area contributed by atoms with Crippen molar-refractivity contribution in [3.05, 3.63) is 70.3 Å². The van der Waals surface area contributed by atoms with Crippen LogP contribution < -0.4 is 10.1 Å². The maximum absolute atomic E-state index is 12.2. The molecular weight excluding hydrogens is 330 g/mol. The predicted octanol–water partition coefficient (Wildman–Crippen LogP) is 3.06. The topological polar surface area (TPSA) is 75.6 Å². The van der Waals surface area contributed by atoms with Gasteiger partial charge >= 0.3 is 0 Å². The van der Waals surface area contributed by atoms with E-state index in [2.05, 4.69) is 5.32 Å². The van der Waals surface area contributed by atoms with Crippen LogP contribution in [0.15, 0.2) is 54.1 Å². The molecule has 2 aromatic rings. The SMILES string of the molecule is COc1ccc(/C(O)=C2/C(=O)C(=O)NC2c2ccc(Cl)cc2)cc1. The molecule has 0 bridgehead atoms. The first-order valence-electron chi connectivity index (χ1n) is 7.19. The van der Waals surface area contributed by atoms with Crippen molar-refractivity contribution >= 4 is 29.1 Å². The van der Waals surface area contributed by atoms with Crippen molar-refractivity contribution in [2.75, 3.05) is 7.11 Å². The van der Waals surface area contributed by atoms with Gasteiger partial charge in [0.05, 0.1) is 18.7 Å². The average Bonchev–Trinajstić information content (AvgIpc) is 2.90. The Bertz CT molecular complexity index is 825. The number of benzene rings is 2. The summed E-state index contributed by atoms with van der Waals surface area (Å²) in [7, 11) is 1.53. The van der Waals surface area contributed by atoms with E-state index in [1.807, 2.05) is 0 Å². The molecule has 0 radical (unpaired) electrons. The van der Waals surface area contributed by atoms with E-state index in [1.165, 1.54) is 7.11 Å². The maximum Gasteiger partial charge on any atom is 0.293 e. The molecule has 3 rings (SSSR count). The maximum atomic E-state index is 12.2. The lowest BCUT2D eigenvalue weighted by Crippen LogP contribution is -2.21. The average molecular weight is 344 g/mol. The summed E-state index contributed by atoms with van der Waals surface area (Å²) in [5, 5.41) is 13.7. The summed E-state index contributed by atoms with van der Waals surface area (Å²) in [5.74, 6) is -1.10. The minimum Gasteiger partial charge on any atom is -0.507 e. The lowest BCUT2D eigenvalue weighted by atomic mass is 9.96. The number of ketones is 1. The largest absolute Gasteiger partial charge is 0.507 e. The van der Waals surface area contributed by atoms with E-state index in [0.717, 1.165) is 0 Å². The standard InChI is InChI=1S/C18H14ClNO4/c1-24-13-8-4-11(5-9-13)16(21)14-15(20-18(23)17(14)22)10-2-6-12(19)7-3-10/h2-9,15,21H,1H3,(H,20,23)/b16-14-. The number of hydrogen-bond acceptors (Lipinski definition) is 4. The van der Waals surface area contributed by atoms with Gasteiger partial charge in [-0.15, -0.1) is 0 Å². The highest BCUT2D eigenvalue weighted by Crippen LogP contribution is 2.33. The lowest BCUT2D eigenvalue weighted by Gasteiger charge is -2.14. The first kappa shape index (κ1) is 16.1. The van der Waals surface area contributed by atoms with E-state index in [0.29, 0.717) is 21.9 Å². The molecule has 5 nitrogen and oxygen atoms in total. The van der Waals surface area contributed by atoms with E-state index >= 15 is 0 Å². The first-order valence-corrected chi connectivity index (χ1v) is 7.57. The third-order valence-corrected chi connectivity index (χ3v) is 4.09. The number of rotatable bonds is 3. The Morgan fingerprint density at radius 3 is 2.29 bits per heavy atom. The van der Waals surface area contributed by atoms with Gasteiger partial charge in [0.15, 0.2) is 0 Å². The summed E-state index contributed by atoms with van der Waals surface area (Å²) in [6.45, 7) is 0. The van der Waals surface area contributed by atoms with Gasteiger partial charge in [0.1, 0.15) is 11.5 Å². The fourth-order valence-corrected chi connectivity index (χ4v) is 2.70. The molecule has 24 heavy (non-hydrogen) atoms. The number of Topliss-reactive ketones (excluding diaryl/α,β-unsaturated/α-hetero) is 1. The zero-order valence-corrected chi connectivity index (χ0v) is 13.5. The smallest absolute Gasteiger partial charge is 0.293 e. The lowest BCUT2D eigenvalue weighted by molar-refractivity contribution is -0.133. The van der Waals surface area contributed by atoms with Crippen LogP contribution in [0.5, 0.6) is 5.75 Å². The summed E-state index contributed by atoms with van der Waals surface area (Å²) in [5.41, 5.74) is 1.11. The van der Waals surface area contributed by atoms with Crippen molar-refractivity contribution in [3.8, 4) is 5.75 Å². The van der Waals surface area contributed by atoms with Crippen molar-refractivity contribution in [2.45, 2.75) is 6.04 Å². The summed E-state index contributed by atoms with van der Waals surface area (Å²) in [6.07, 6.45) is 0. The molecule has 2 N–H and O–H groups in total. The van der Waals surface area contributed by atoms with Gasteiger partial charge in [-0.25, -0.2) is 0 Å². The highest BCUT2D eigenvalue weighted by atomic mass is 35.5. The van der Waals surface area contributed by atoms with Crippen molar-refractivity contribution in [2.24, 2.45) is 0 Å². The van der Waals surface area contributed by atoms with Gasteiger partial charge in [0.2, 0.25) is 0 Å². The molecule has 122 valence electrons. The summed E-state index contributed by atoms with van der Waals surface area (Å²) in [6, 6.07) is 12.6. The number of carbonyl (C=O) groups excluding carboxylic acids is 2. The van der Waals surface area contributed by atoms with Crippen molar-refractivity contribution in [1.29, 1.82) is 0 Å². The Balaban J connectivity index is 2.07. The molecule has 2 aromatic carbocycles. The third kappa shape index (κ3) is 2.86. The van der Waals surface area contributed by atoms with Gasteiger partial charge in [-0.05, 0) is 42.0 Å². The molecule has 1 unspecified atom stereocenters. The van der Waals surface area contributed by atoms with Crippen LogP contribution in [-0.2, 0) is 9.59 Å². The van der Waals surface area contributed by atoms with E-state index in [1.54, 1.807) is 48.5 Å². The summed E-state index contributed by atoms with van der Waals surface area (Å²) >= 11 is 5.87. The monoisotopic (exact) mass is 343 g/mol. The number of aliphatic hydroxyl groups is 1. The van der Waals surface area contributed by atoms with Crippen LogP contribution in [0.25, 0.3) is 5.76 Å². The molecule has 1 aliphatic heterocycles. The molecule has 1 saturated heterocycles. The van der Waals surface area contributed by atoms with Gasteiger partial charge in [0, 0.05) is 10.6 Å². The second-order valence-corrected chi connectivity index (χ2v) is 5.71. The molecule has 1 amide bonds. The zero-order valence-electron chi connectivity index (χ0n) is 12.7. The molecule has 1 aliphatic rings. The van der Waals surface area contributed by atoms with Crippen LogP contribution >= 0.6 is 11.6 Å². The number of carbonyl (C=O) groups is 2. The number of methoxy groups -OCH3 is 1. The van der Waals surface area contributed by atoms with Crippen LogP contribution in [0.4, 0.5) is 0 Å². The Hall–Kier alpha value is -2.79. The highest BCUT2D eigenvalue weighted by Gasteiger charge is 2.39. The van der Waals surface area contributed by atoms with Gasteiger partial charge in [-0.2, -0.15) is 0 Å². The number of ether oxygens (including phenoxy) is 1. The fourth-order valence-electron chi connectivity index (χ4n) is 2.58. The number of amides is 1. The van der Waals surface area contributed by atoms with Crippen LogP contribution in [0.2, 0.25) is 5.02 Å². The Labute approximate surface area is 143 Å². The van der Waals surface area contributed by atoms with Crippen LogP contribution in [0.3, 0.4) is 0 Å². The minimum atomic E-state index is -0.747. The molecule has 0 aliphatic carbocycles. The summed E-state index contributed by atoms with van der Waals surface area (Å²) < 4.78 is 5.07. The molecule has 0 aromatic heterocycles. The first-order chi connectivity index (χ1) is 11.5. The number of nitrogens with one attached hydrogen (secondary N) is 1. The van der Waals surface area contributed by atoms with E-state index in [4.69, 9.17) is 16.3 Å². The van der Waals surface area contributed by atoms with Crippen LogP contribution in [0, 0.1) is 0 Å². The Kier molecular flexibility index (Phi) is 4.27. The van der Waals surface area contributed by atoms with E-state index < -0.39 is 17.7 Å². The second-order valence-electron chi connectivity index (χ2n) is 5.28. The van der Waals surface area contributed by atoms with Gasteiger partial charge in [-0.3, -0.25) is 9.59 Å². The quantitative estimate of drug-likeness (QED) is 0.510. The molecule has 0 saturated carbocycles. The van der Waals surface area contributed by atoms with Crippen molar-refractivity contribution in [1.82, 2.24) is 5.32 Å². The molecule has 6 heteroatoms. The minimum absolute atomic E-state index is 0.0208. The number of hydrogen-bond donors (Lipinski definition) is 2. The molecule has 1 atom stereocenters. The number of halogens is 1. The zero-order chi connectivity index (χ0) is 17.3. The molecular formula is C18H14ClNO4. The van der Waals surface area contributed by atoms with Crippen molar-refractivity contribution in [3.63, 3.8) is 0 Å². The van der Waals surface area contributed by atoms with E-state index in [9.17, 15) is 14.7 Å². The predicted molar refractivity (Wildman–Crippen MR) is 89.9 cm³/mol. The highest BCUT2D eigenvalue weighted by molar-refractivity contribution is 6.46. The molecule has 0 spiro atoms. The van der Waals surface area contributed by atoms with Crippen molar-refractivity contribution < 1.29 is 19.4 Å². The Morgan fingerprint density at radius 1 is 1.08 bits per heavy atom. The molecule has 1 fully saturated rings. The summed E-state index contributed by atoms with van der Waals surface area (Å²) in [4.78, 5) is 24.0. The fraction of sp³-hybridized carbons (Fsp3) is 0.111. The Morgan fingerprint density at radius 2 is 1.71 bits per heavy atom.